The van der Waals surface area contributed by atoms with Crippen LogP contribution in [0.4, 0.5) is 4.79 Å². The second kappa shape index (κ2) is 7.23. The maximum absolute atomic E-state index is 13.4. The summed E-state index contributed by atoms with van der Waals surface area (Å²) in [6, 6.07) is 14.2. The highest BCUT2D eigenvalue weighted by atomic mass is 16.6. The number of ether oxygens (including phenoxy) is 1. The van der Waals surface area contributed by atoms with Crippen LogP contribution in [0.3, 0.4) is 0 Å². The number of benzene rings is 2. The summed E-state index contributed by atoms with van der Waals surface area (Å²) in [6.45, 7) is 5.70. The highest BCUT2D eigenvalue weighted by Crippen LogP contribution is 2.39. The van der Waals surface area contributed by atoms with Gasteiger partial charge in [0.1, 0.15) is 5.60 Å². The zero-order valence-corrected chi connectivity index (χ0v) is 17.0. The number of hydrogen-bond donors (Lipinski definition) is 0. The van der Waals surface area contributed by atoms with Crippen molar-refractivity contribution < 1.29 is 14.3 Å². The molecule has 0 spiro atoms. The number of Topliss-reactive ketones (excluding diaryl/α,β-unsaturated/α-hetero) is 1. The first-order chi connectivity index (χ1) is 13.3. The number of amides is 1. The van der Waals surface area contributed by atoms with Gasteiger partial charge in [-0.05, 0) is 63.6 Å². The molecular weight excluding hydrogens is 350 g/mol. The SMILES string of the molecule is CC(C)(C)OC(=O)N1C2CCCC1CC(C(=O)c1cccc3ccccc13)C2. The van der Waals surface area contributed by atoms with Gasteiger partial charge in [0.15, 0.2) is 5.78 Å². The van der Waals surface area contributed by atoms with E-state index < -0.39 is 5.60 Å². The average molecular weight is 380 g/mol. The van der Waals surface area contributed by atoms with Crippen LogP contribution in [-0.4, -0.2) is 34.5 Å². The zero-order chi connectivity index (χ0) is 19.9. The lowest BCUT2D eigenvalue weighted by Crippen LogP contribution is -2.56. The minimum atomic E-state index is -0.499. The molecule has 0 radical (unpaired) electrons. The van der Waals surface area contributed by atoms with E-state index in [4.69, 9.17) is 4.74 Å². The molecule has 2 saturated heterocycles. The van der Waals surface area contributed by atoms with Crippen molar-refractivity contribution in [2.24, 2.45) is 5.92 Å². The molecule has 2 aliphatic rings. The molecule has 2 aromatic carbocycles. The monoisotopic (exact) mass is 379 g/mol. The first-order valence-corrected chi connectivity index (χ1v) is 10.4. The molecule has 0 aliphatic carbocycles. The fourth-order valence-electron chi connectivity index (χ4n) is 4.87. The van der Waals surface area contributed by atoms with Gasteiger partial charge in [-0.15, -0.1) is 0 Å². The van der Waals surface area contributed by atoms with E-state index in [9.17, 15) is 9.59 Å². The van der Waals surface area contributed by atoms with E-state index >= 15 is 0 Å². The number of carbonyl (C=O) groups is 2. The van der Waals surface area contributed by atoms with Crippen LogP contribution in [0.2, 0.25) is 0 Å². The van der Waals surface area contributed by atoms with E-state index in [0.29, 0.717) is 0 Å². The summed E-state index contributed by atoms with van der Waals surface area (Å²) in [4.78, 5) is 28.1. The third-order valence-electron chi connectivity index (χ3n) is 6.00. The second-order valence-electron chi connectivity index (χ2n) is 9.19. The Morgan fingerprint density at radius 1 is 0.964 bits per heavy atom. The van der Waals surface area contributed by atoms with Gasteiger partial charge in [0.25, 0.3) is 0 Å². The van der Waals surface area contributed by atoms with Crippen LogP contribution >= 0.6 is 0 Å². The van der Waals surface area contributed by atoms with Crippen molar-refractivity contribution in [2.45, 2.75) is 70.6 Å². The van der Waals surface area contributed by atoms with Crippen molar-refractivity contribution >= 4 is 22.6 Å². The first kappa shape index (κ1) is 19.0. The Labute approximate surface area is 166 Å². The Morgan fingerprint density at radius 3 is 2.29 bits per heavy atom. The molecule has 0 saturated carbocycles. The molecule has 2 unspecified atom stereocenters. The van der Waals surface area contributed by atoms with Crippen molar-refractivity contribution in [1.82, 2.24) is 4.90 Å². The van der Waals surface area contributed by atoms with Crippen molar-refractivity contribution in [1.29, 1.82) is 0 Å². The van der Waals surface area contributed by atoms with Crippen molar-refractivity contribution in [2.75, 3.05) is 0 Å². The fourth-order valence-corrected chi connectivity index (χ4v) is 4.87. The van der Waals surface area contributed by atoms with Crippen LogP contribution in [0, 0.1) is 5.92 Å². The quantitative estimate of drug-likeness (QED) is 0.639. The predicted octanol–water partition coefficient (Wildman–Crippen LogP) is 5.59. The molecule has 0 N–H and O–H groups in total. The molecule has 2 aromatic rings. The molecule has 2 aliphatic heterocycles. The summed E-state index contributed by atoms with van der Waals surface area (Å²) in [5, 5.41) is 2.12. The number of piperidine rings is 2. The Bertz CT molecular complexity index is 879. The largest absolute Gasteiger partial charge is 0.444 e. The molecule has 0 aromatic heterocycles. The lowest BCUT2D eigenvalue weighted by Gasteiger charge is -2.48. The Balaban J connectivity index is 1.57. The molecule has 1 amide bonds. The number of ketones is 1. The molecule has 2 heterocycles. The topological polar surface area (TPSA) is 46.6 Å². The van der Waals surface area contributed by atoms with Gasteiger partial charge in [-0.2, -0.15) is 0 Å². The van der Waals surface area contributed by atoms with E-state index in [0.717, 1.165) is 48.4 Å². The number of nitrogens with zero attached hydrogens (tertiary/aromatic N) is 1. The maximum Gasteiger partial charge on any atom is 0.410 e. The number of rotatable bonds is 2. The number of carbonyl (C=O) groups excluding carboxylic acids is 2. The molecule has 2 atom stereocenters. The van der Waals surface area contributed by atoms with Gasteiger partial charge < -0.3 is 9.64 Å². The fraction of sp³-hybridized carbons (Fsp3) is 0.500. The van der Waals surface area contributed by atoms with Crippen LogP contribution in [-0.2, 0) is 4.74 Å². The molecule has 4 nitrogen and oxygen atoms in total. The molecule has 2 bridgehead atoms. The average Bonchev–Trinajstić information content (AvgIpc) is 2.64. The van der Waals surface area contributed by atoms with E-state index in [-0.39, 0.29) is 29.9 Å². The first-order valence-electron chi connectivity index (χ1n) is 10.4. The zero-order valence-electron chi connectivity index (χ0n) is 17.0. The Hall–Kier alpha value is -2.36. The van der Waals surface area contributed by atoms with Crippen LogP contribution in [0.1, 0.15) is 63.2 Å². The highest BCUT2D eigenvalue weighted by molar-refractivity contribution is 6.09. The molecule has 4 heteroatoms. The summed E-state index contributed by atoms with van der Waals surface area (Å²) in [5.41, 5.74) is 0.313. The smallest absolute Gasteiger partial charge is 0.410 e. The highest BCUT2D eigenvalue weighted by Gasteiger charge is 2.44. The lowest BCUT2D eigenvalue weighted by molar-refractivity contribution is -0.0260. The summed E-state index contributed by atoms with van der Waals surface area (Å²) in [7, 11) is 0. The van der Waals surface area contributed by atoms with Gasteiger partial charge in [-0.3, -0.25) is 4.79 Å². The molecular formula is C24H29NO3. The maximum atomic E-state index is 13.4. The Kier molecular flexibility index (Phi) is 4.90. The lowest BCUT2D eigenvalue weighted by atomic mass is 9.75. The predicted molar refractivity (Wildman–Crippen MR) is 111 cm³/mol. The molecule has 28 heavy (non-hydrogen) atoms. The van der Waals surface area contributed by atoms with Gasteiger partial charge in [0, 0.05) is 23.6 Å². The van der Waals surface area contributed by atoms with Gasteiger partial charge in [0.2, 0.25) is 0 Å². The van der Waals surface area contributed by atoms with E-state index in [1.807, 2.05) is 68.1 Å². The molecule has 4 rings (SSSR count). The summed E-state index contributed by atoms with van der Waals surface area (Å²) >= 11 is 0. The van der Waals surface area contributed by atoms with Crippen LogP contribution in [0.15, 0.2) is 42.5 Å². The van der Waals surface area contributed by atoms with E-state index in [1.165, 1.54) is 0 Å². The van der Waals surface area contributed by atoms with Crippen LogP contribution in [0.5, 0.6) is 0 Å². The molecule has 148 valence electrons. The second-order valence-corrected chi connectivity index (χ2v) is 9.19. The summed E-state index contributed by atoms with van der Waals surface area (Å²) < 4.78 is 5.65. The normalized spacial score (nSPS) is 24.8. The van der Waals surface area contributed by atoms with Gasteiger partial charge >= 0.3 is 6.09 Å². The van der Waals surface area contributed by atoms with Crippen LogP contribution in [0.25, 0.3) is 10.8 Å². The van der Waals surface area contributed by atoms with Crippen LogP contribution < -0.4 is 0 Å². The minimum Gasteiger partial charge on any atom is -0.444 e. The summed E-state index contributed by atoms with van der Waals surface area (Å²) in [6.07, 6.45) is 4.27. The van der Waals surface area contributed by atoms with Crippen molar-refractivity contribution in [3.05, 3.63) is 48.0 Å². The number of hydrogen-bond acceptors (Lipinski definition) is 3. The van der Waals surface area contributed by atoms with E-state index in [1.54, 1.807) is 0 Å². The van der Waals surface area contributed by atoms with Gasteiger partial charge in [0.05, 0.1) is 0 Å². The standard InChI is InChI=1S/C24H29NO3/c1-24(2,3)28-23(27)25-18-10-7-11-19(25)15-17(14-18)22(26)21-13-6-9-16-8-4-5-12-20(16)21/h4-6,8-9,12-13,17-19H,7,10-11,14-15H2,1-3H3. The van der Waals surface area contributed by atoms with Gasteiger partial charge in [-0.25, -0.2) is 4.79 Å². The summed E-state index contributed by atoms with van der Waals surface area (Å²) in [5.74, 6) is 0.192. The van der Waals surface area contributed by atoms with Crippen molar-refractivity contribution in [3.63, 3.8) is 0 Å². The third-order valence-corrected chi connectivity index (χ3v) is 6.00. The Morgan fingerprint density at radius 2 is 1.61 bits per heavy atom. The van der Waals surface area contributed by atoms with E-state index in [2.05, 4.69) is 0 Å². The van der Waals surface area contributed by atoms with Gasteiger partial charge in [-0.1, -0.05) is 42.5 Å². The van der Waals surface area contributed by atoms with Crippen molar-refractivity contribution in [3.8, 4) is 0 Å². The molecule has 2 fully saturated rings. The minimum absolute atomic E-state index is 0.0280. The third kappa shape index (κ3) is 3.65. The number of fused-ring (bicyclic) bond motifs is 3.